The van der Waals surface area contributed by atoms with E-state index in [2.05, 4.69) is 29.2 Å². The first-order valence-corrected chi connectivity index (χ1v) is 17.3. The summed E-state index contributed by atoms with van der Waals surface area (Å²) in [6.45, 7) is 4.37. The molecule has 1 unspecified atom stereocenters. The average Bonchev–Trinajstić information content (AvgIpc) is 3.18. The molecule has 0 spiro atoms. The predicted octanol–water partition coefficient (Wildman–Crippen LogP) is 10.2. The van der Waals surface area contributed by atoms with Crippen molar-refractivity contribution >= 4 is 35.5 Å². The van der Waals surface area contributed by atoms with Crippen LogP contribution in [0, 0.1) is 13.8 Å². The van der Waals surface area contributed by atoms with Crippen LogP contribution in [-0.4, -0.2) is 19.0 Å². The van der Waals surface area contributed by atoms with Gasteiger partial charge in [0.05, 0.1) is 5.56 Å². The highest BCUT2D eigenvalue weighted by Gasteiger charge is 2.35. The number of carbonyl (C=O) groups is 2. The number of fused-ring (bicyclic) bond motifs is 2. The maximum absolute atomic E-state index is 14.3. The molecule has 0 aliphatic carbocycles. The number of hydrogen-bond donors (Lipinski definition) is 0. The van der Waals surface area contributed by atoms with Crippen molar-refractivity contribution in [2.24, 2.45) is 0 Å². The van der Waals surface area contributed by atoms with E-state index in [0.29, 0.717) is 29.0 Å². The van der Waals surface area contributed by atoms with E-state index < -0.39 is 11.9 Å². The highest BCUT2D eigenvalue weighted by atomic mass is 16.5. The molecule has 6 heteroatoms. The second-order valence-electron chi connectivity index (χ2n) is 13.0. The number of benzene rings is 6. The molecule has 0 amide bonds. The third-order valence-corrected chi connectivity index (χ3v) is 9.28. The number of anilines is 2. The molecule has 52 heavy (non-hydrogen) atoms. The van der Waals surface area contributed by atoms with Crippen LogP contribution >= 0.6 is 0 Å². The van der Waals surface area contributed by atoms with Crippen molar-refractivity contribution in [2.75, 3.05) is 11.9 Å². The maximum Gasteiger partial charge on any atom is 0.338 e. The molecule has 0 radical (unpaired) electrons. The third-order valence-electron chi connectivity index (χ3n) is 9.28. The third kappa shape index (κ3) is 7.52. The molecule has 6 aromatic rings. The summed E-state index contributed by atoms with van der Waals surface area (Å²) in [4.78, 5) is 29.3. The average molecular weight is 686 g/mol. The zero-order chi connectivity index (χ0) is 36.0. The van der Waals surface area contributed by atoms with Gasteiger partial charge in [-0.05, 0) is 101 Å². The molecule has 0 saturated carbocycles. The molecule has 6 aromatic carbocycles. The van der Waals surface area contributed by atoms with Crippen LogP contribution in [0.15, 0.2) is 140 Å². The quantitative estimate of drug-likeness (QED) is 0.0813. The summed E-state index contributed by atoms with van der Waals surface area (Å²) >= 11 is 0. The smallest absolute Gasteiger partial charge is 0.338 e. The first-order chi connectivity index (χ1) is 25.3. The fraction of sp³-hybridized carbons (Fsp3) is 0.130. The van der Waals surface area contributed by atoms with Gasteiger partial charge in [-0.2, -0.15) is 0 Å². The number of ether oxygens (including phenoxy) is 3. The molecule has 1 aliphatic rings. The Kier molecular flexibility index (Phi) is 9.98. The molecule has 0 aromatic heterocycles. The van der Waals surface area contributed by atoms with Gasteiger partial charge in [-0.1, -0.05) is 109 Å². The fourth-order valence-electron chi connectivity index (χ4n) is 6.61. The van der Waals surface area contributed by atoms with Crippen molar-refractivity contribution < 1.29 is 23.8 Å². The molecule has 1 atom stereocenters. The SMILES string of the molecule is Cc1cc(C(=O)OCc2ccccc2)cc(C)c1OC(=O)C1c2ccccc2N(C)c2ccc(C=Cc3ccc(OCc4ccccc4)cc3)cc21. The van der Waals surface area contributed by atoms with Crippen LogP contribution in [0.2, 0.25) is 0 Å². The molecule has 258 valence electrons. The van der Waals surface area contributed by atoms with Gasteiger partial charge in [-0.25, -0.2) is 4.79 Å². The van der Waals surface area contributed by atoms with Gasteiger partial charge in [0, 0.05) is 18.4 Å². The summed E-state index contributed by atoms with van der Waals surface area (Å²) in [6, 6.07) is 45.2. The first-order valence-electron chi connectivity index (χ1n) is 17.3. The predicted molar refractivity (Wildman–Crippen MR) is 206 cm³/mol. The summed E-state index contributed by atoms with van der Waals surface area (Å²) in [6.07, 6.45) is 4.10. The van der Waals surface area contributed by atoms with Crippen molar-refractivity contribution in [1.29, 1.82) is 0 Å². The van der Waals surface area contributed by atoms with Gasteiger partial charge in [-0.15, -0.1) is 0 Å². The molecule has 0 bridgehead atoms. The van der Waals surface area contributed by atoms with E-state index in [-0.39, 0.29) is 12.6 Å². The number of rotatable bonds is 10. The van der Waals surface area contributed by atoms with Crippen LogP contribution < -0.4 is 14.4 Å². The number of aryl methyl sites for hydroxylation is 2. The van der Waals surface area contributed by atoms with E-state index in [0.717, 1.165) is 50.5 Å². The number of nitrogens with zero attached hydrogens (tertiary/aromatic N) is 1. The standard InChI is InChI=1S/C46H39NO5/c1-31-26-37(45(48)51-30-36-14-8-5-9-15-36)27-32(2)44(31)52-46(49)43-39-16-10-11-17-41(39)47(3)42-25-22-34(28-40(42)43)19-18-33-20-23-38(24-21-33)50-29-35-12-6-4-7-13-35/h4-28,43H,29-30H2,1-3H3. The van der Waals surface area contributed by atoms with Crippen molar-refractivity contribution in [2.45, 2.75) is 33.0 Å². The minimum Gasteiger partial charge on any atom is -0.489 e. The van der Waals surface area contributed by atoms with Crippen LogP contribution in [0.4, 0.5) is 11.4 Å². The van der Waals surface area contributed by atoms with E-state index in [9.17, 15) is 9.59 Å². The molecule has 1 heterocycles. The van der Waals surface area contributed by atoms with Gasteiger partial charge in [0.15, 0.2) is 0 Å². The highest BCUT2D eigenvalue weighted by molar-refractivity contribution is 5.94. The van der Waals surface area contributed by atoms with Crippen molar-refractivity contribution in [3.63, 3.8) is 0 Å². The lowest BCUT2D eigenvalue weighted by atomic mass is 9.84. The Morgan fingerprint density at radius 1 is 0.635 bits per heavy atom. The molecule has 7 rings (SSSR count). The lowest BCUT2D eigenvalue weighted by Crippen LogP contribution is -2.29. The van der Waals surface area contributed by atoms with Gasteiger partial charge in [0.25, 0.3) is 0 Å². The summed E-state index contributed by atoms with van der Waals surface area (Å²) in [5, 5.41) is 0. The molecular formula is C46H39NO5. The molecular weight excluding hydrogens is 647 g/mol. The van der Waals surface area contributed by atoms with Crippen LogP contribution in [0.25, 0.3) is 12.2 Å². The van der Waals surface area contributed by atoms with Crippen molar-refractivity contribution in [1.82, 2.24) is 0 Å². The fourth-order valence-corrected chi connectivity index (χ4v) is 6.61. The highest BCUT2D eigenvalue weighted by Crippen LogP contribution is 2.46. The molecule has 0 N–H and O–H groups in total. The number of carbonyl (C=O) groups excluding carboxylic acids is 2. The van der Waals surface area contributed by atoms with Gasteiger partial charge >= 0.3 is 11.9 Å². The summed E-state index contributed by atoms with van der Waals surface area (Å²) in [7, 11) is 2.01. The largest absolute Gasteiger partial charge is 0.489 e. The van der Waals surface area contributed by atoms with E-state index in [1.54, 1.807) is 12.1 Å². The summed E-state index contributed by atoms with van der Waals surface area (Å²) < 4.78 is 17.7. The van der Waals surface area contributed by atoms with Crippen LogP contribution in [-0.2, 0) is 22.7 Å². The molecule has 0 fully saturated rings. The monoisotopic (exact) mass is 685 g/mol. The molecule has 1 aliphatic heterocycles. The van der Waals surface area contributed by atoms with Gasteiger partial charge in [0.1, 0.15) is 30.6 Å². The van der Waals surface area contributed by atoms with Gasteiger partial charge < -0.3 is 19.1 Å². The Labute approximate surface area is 304 Å². The Balaban J connectivity index is 1.11. The van der Waals surface area contributed by atoms with Crippen LogP contribution in [0.5, 0.6) is 11.5 Å². The van der Waals surface area contributed by atoms with Crippen LogP contribution in [0.1, 0.15) is 60.8 Å². The van der Waals surface area contributed by atoms with E-state index in [1.807, 2.05) is 136 Å². The Hall–Kier alpha value is -6.40. The van der Waals surface area contributed by atoms with E-state index in [1.165, 1.54) is 0 Å². The number of para-hydroxylation sites is 1. The normalized spacial score (nSPS) is 13.3. The van der Waals surface area contributed by atoms with Crippen LogP contribution in [0.3, 0.4) is 0 Å². The summed E-state index contributed by atoms with van der Waals surface area (Å²) in [5.74, 6) is -0.236. The van der Waals surface area contributed by atoms with Crippen molar-refractivity contribution in [3.05, 3.63) is 190 Å². The lowest BCUT2D eigenvalue weighted by Gasteiger charge is -2.34. The van der Waals surface area contributed by atoms with E-state index in [4.69, 9.17) is 14.2 Å². The van der Waals surface area contributed by atoms with E-state index >= 15 is 0 Å². The lowest BCUT2D eigenvalue weighted by molar-refractivity contribution is -0.135. The number of hydrogen-bond acceptors (Lipinski definition) is 6. The second-order valence-corrected chi connectivity index (χ2v) is 13.0. The first kappa shape index (κ1) is 34.1. The molecule has 0 saturated heterocycles. The maximum atomic E-state index is 14.3. The minimum atomic E-state index is -0.661. The topological polar surface area (TPSA) is 65.1 Å². The zero-order valence-electron chi connectivity index (χ0n) is 29.4. The number of esters is 2. The summed E-state index contributed by atoms with van der Waals surface area (Å²) in [5.41, 5.74) is 9.38. The molecule has 6 nitrogen and oxygen atoms in total. The second kappa shape index (κ2) is 15.2. The Morgan fingerprint density at radius 3 is 1.90 bits per heavy atom. The van der Waals surface area contributed by atoms with Crippen molar-refractivity contribution in [3.8, 4) is 11.5 Å². The Bertz CT molecular complexity index is 2220. The zero-order valence-corrected chi connectivity index (χ0v) is 29.4. The van der Waals surface area contributed by atoms with Gasteiger partial charge in [-0.3, -0.25) is 4.79 Å². The van der Waals surface area contributed by atoms with Gasteiger partial charge in [0.2, 0.25) is 0 Å². The minimum absolute atomic E-state index is 0.178. The Morgan fingerprint density at radius 2 is 1.21 bits per heavy atom.